The lowest BCUT2D eigenvalue weighted by atomic mass is 10.1. The number of fused-ring (bicyclic) bond motifs is 1. The fourth-order valence-electron chi connectivity index (χ4n) is 2.36. The Bertz CT molecular complexity index is 830. The summed E-state index contributed by atoms with van der Waals surface area (Å²) in [5.41, 5.74) is 1.19. The molecule has 3 nitrogen and oxygen atoms in total. The van der Waals surface area contributed by atoms with Gasteiger partial charge in [0.2, 0.25) is 0 Å². The van der Waals surface area contributed by atoms with Crippen LogP contribution in [0.5, 0.6) is 5.75 Å². The summed E-state index contributed by atoms with van der Waals surface area (Å²) >= 11 is 7.74. The molecule has 3 rings (SSSR count). The van der Waals surface area contributed by atoms with Crippen LogP contribution >= 0.6 is 22.9 Å². The van der Waals surface area contributed by atoms with Gasteiger partial charge in [0.05, 0.1) is 12.1 Å². The molecule has 0 fully saturated rings. The summed E-state index contributed by atoms with van der Waals surface area (Å²) in [5, 5.41) is 4.32. The fraction of sp³-hybridized carbons (Fsp3) is 0.167. The minimum absolute atomic E-state index is 0.133. The molecular weight excluding hydrogens is 330 g/mol. The molecule has 0 saturated heterocycles. The molecule has 2 aromatic carbocycles. The van der Waals surface area contributed by atoms with E-state index in [1.807, 2.05) is 48.5 Å². The standard InChI is InChI=1S/C18H16ClNO2S/c1-22-13-7-8-14-15(11-13)23-17(16(14)19)18(21)20-10-9-12-5-3-2-4-6-12/h2-8,11H,9-10H2,1H3,(H,20,21). The molecule has 3 aromatic rings. The van der Waals surface area contributed by atoms with Gasteiger partial charge in [-0.15, -0.1) is 11.3 Å². The van der Waals surface area contributed by atoms with E-state index < -0.39 is 0 Å². The smallest absolute Gasteiger partial charge is 0.262 e. The Kier molecular flexibility index (Phi) is 4.84. The number of hydrogen-bond acceptors (Lipinski definition) is 3. The lowest BCUT2D eigenvalue weighted by Gasteiger charge is -2.04. The Balaban J connectivity index is 1.72. The molecule has 0 spiro atoms. The molecule has 1 N–H and O–H groups in total. The molecular formula is C18H16ClNO2S. The molecule has 0 radical (unpaired) electrons. The number of hydrogen-bond donors (Lipinski definition) is 1. The highest BCUT2D eigenvalue weighted by molar-refractivity contribution is 7.21. The first-order chi connectivity index (χ1) is 11.2. The number of nitrogens with one attached hydrogen (secondary N) is 1. The number of methoxy groups -OCH3 is 1. The van der Waals surface area contributed by atoms with Gasteiger partial charge < -0.3 is 10.1 Å². The highest BCUT2D eigenvalue weighted by atomic mass is 35.5. The summed E-state index contributed by atoms with van der Waals surface area (Å²) in [7, 11) is 1.62. The van der Waals surface area contributed by atoms with Gasteiger partial charge in [-0.1, -0.05) is 41.9 Å². The summed E-state index contributed by atoms with van der Waals surface area (Å²) in [6, 6.07) is 15.7. The van der Waals surface area contributed by atoms with Gasteiger partial charge in [0.15, 0.2) is 0 Å². The van der Waals surface area contributed by atoms with E-state index in [1.54, 1.807) is 7.11 Å². The summed E-state index contributed by atoms with van der Waals surface area (Å²) < 4.78 is 6.16. The first kappa shape index (κ1) is 15.8. The van der Waals surface area contributed by atoms with Crippen LogP contribution in [0.25, 0.3) is 10.1 Å². The molecule has 23 heavy (non-hydrogen) atoms. The van der Waals surface area contributed by atoms with Gasteiger partial charge in [-0.3, -0.25) is 4.79 Å². The van der Waals surface area contributed by atoms with Crippen molar-refractivity contribution in [3.8, 4) is 5.75 Å². The van der Waals surface area contributed by atoms with E-state index in [4.69, 9.17) is 16.3 Å². The van der Waals surface area contributed by atoms with Gasteiger partial charge in [-0.2, -0.15) is 0 Å². The first-order valence-corrected chi connectivity index (χ1v) is 8.46. The van der Waals surface area contributed by atoms with Gasteiger partial charge >= 0.3 is 0 Å². The SMILES string of the molecule is COc1ccc2c(Cl)c(C(=O)NCCc3ccccc3)sc2c1. The molecule has 0 aliphatic rings. The zero-order valence-electron chi connectivity index (χ0n) is 12.6. The molecule has 0 aliphatic heterocycles. The van der Waals surface area contributed by atoms with Crippen molar-refractivity contribution in [1.82, 2.24) is 5.32 Å². The number of carbonyl (C=O) groups is 1. The molecule has 118 valence electrons. The van der Waals surface area contributed by atoms with E-state index in [-0.39, 0.29) is 5.91 Å². The topological polar surface area (TPSA) is 38.3 Å². The molecule has 5 heteroatoms. The molecule has 0 saturated carbocycles. The summed E-state index contributed by atoms with van der Waals surface area (Å²) in [6.07, 6.45) is 0.795. The predicted molar refractivity (Wildman–Crippen MR) is 95.9 cm³/mol. The molecule has 1 heterocycles. The highest BCUT2D eigenvalue weighted by Gasteiger charge is 2.17. The maximum absolute atomic E-state index is 12.4. The van der Waals surface area contributed by atoms with Gasteiger partial charge in [0.25, 0.3) is 5.91 Å². The second-order valence-electron chi connectivity index (χ2n) is 5.10. The van der Waals surface area contributed by atoms with Gasteiger partial charge in [0, 0.05) is 16.6 Å². The van der Waals surface area contributed by atoms with Crippen LogP contribution < -0.4 is 10.1 Å². The van der Waals surface area contributed by atoms with Crippen molar-refractivity contribution in [1.29, 1.82) is 0 Å². The number of thiophene rings is 1. The van der Waals surface area contributed by atoms with E-state index in [0.29, 0.717) is 16.4 Å². The Hall–Kier alpha value is -2.04. The quantitative estimate of drug-likeness (QED) is 0.737. The first-order valence-electron chi connectivity index (χ1n) is 7.27. The van der Waals surface area contributed by atoms with Crippen LogP contribution in [0.15, 0.2) is 48.5 Å². The fourth-order valence-corrected chi connectivity index (χ4v) is 3.83. The molecule has 1 amide bonds. The third kappa shape index (κ3) is 3.49. The van der Waals surface area contributed by atoms with Gasteiger partial charge in [-0.25, -0.2) is 0 Å². The van der Waals surface area contributed by atoms with E-state index in [2.05, 4.69) is 5.32 Å². The zero-order valence-corrected chi connectivity index (χ0v) is 14.2. The van der Waals surface area contributed by atoms with E-state index in [1.165, 1.54) is 16.9 Å². The van der Waals surface area contributed by atoms with E-state index in [0.717, 1.165) is 22.3 Å². The normalized spacial score (nSPS) is 10.7. The molecule has 0 bridgehead atoms. The Morgan fingerprint density at radius 2 is 2.00 bits per heavy atom. The van der Waals surface area contributed by atoms with Crippen molar-refractivity contribution < 1.29 is 9.53 Å². The Morgan fingerprint density at radius 3 is 2.74 bits per heavy atom. The van der Waals surface area contributed by atoms with Gasteiger partial charge in [0.1, 0.15) is 10.6 Å². The second kappa shape index (κ2) is 7.02. The van der Waals surface area contributed by atoms with E-state index >= 15 is 0 Å². The molecule has 0 unspecified atom stereocenters. The number of carbonyl (C=O) groups excluding carboxylic acids is 1. The zero-order chi connectivity index (χ0) is 16.2. The number of rotatable bonds is 5. The predicted octanol–water partition coefficient (Wildman–Crippen LogP) is 4.54. The van der Waals surface area contributed by atoms with E-state index in [9.17, 15) is 4.79 Å². The molecule has 0 aliphatic carbocycles. The summed E-state index contributed by atoms with van der Waals surface area (Å²) in [6.45, 7) is 0.580. The van der Waals surface area contributed by atoms with Crippen LogP contribution in [-0.2, 0) is 6.42 Å². The largest absolute Gasteiger partial charge is 0.497 e. The minimum Gasteiger partial charge on any atom is -0.497 e. The van der Waals surface area contributed by atoms with Crippen LogP contribution in [0, 0.1) is 0 Å². The second-order valence-corrected chi connectivity index (χ2v) is 6.53. The van der Waals surface area contributed by atoms with Crippen molar-refractivity contribution >= 4 is 38.9 Å². The van der Waals surface area contributed by atoms with Crippen LogP contribution in [0.4, 0.5) is 0 Å². The maximum Gasteiger partial charge on any atom is 0.262 e. The summed E-state index contributed by atoms with van der Waals surface area (Å²) in [4.78, 5) is 12.9. The highest BCUT2D eigenvalue weighted by Crippen LogP contribution is 2.37. The van der Waals surface area contributed by atoms with Crippen LogP contribution in [0.1, 0.15) is 15.2 Å². The lowest BCUT2D eigenvalue weighted by molar-refractivity contribution is 0.0958. The van der Waals surface area contributed by atoms with Crippen LogP contribution in [0.2, 0.25) is 5.02 Å². The number of benzene rings is 2. The third-order valence-corrected chi connectivity index (χ3v) is 5.24. The average Bonchev–Trinajstić information content (AvgIpc) is 2.92. The van der Waals surface area contributed by atoms with Gasteiger partial charge in [-0.05, 0) is 30.2 Å². The van der Waals surface area contributed by atoms with Crippen LogP contribution in [-0.4, -0.2) is 19.6 Å². The molecule has 0 atom stereocenters. The van der Waals surface area contributed by atoms with Crippen molar-refractivity contribution in [2.24, 2.45) is 0 Å². The van der Waals surface area contributed by atoms with Crippen LogP contribution in [0.3, 0.4) is 0 Å². The third-order valence-electron chi connectivity index (χ3n) is 3.58. The van der Waals surface area contributed by atoms with Crippen molar-refractivity contribution in [2.75, 3.05) is 13.7 Å². The number of ether oxygens (including phenoxy) is 1. The minimum atomic E-state index is -0.133. The Morgan fingerprint density at radius 1 is 1.22 bits per heavy atom. The molecule has 1 aromatic heterocycles. The van der Waals surface area contributed by atoms with Crippen molar-refractivity contribution in [2.45, 2.75) is 6.42 Å². The lowest BCUT2D eigenvalue weighted by Crippen LogP contribution is -2.25. The van der Waals surface area contributed by atoms with Crippen molar-refractivity contribution in [3.63, 3.8) is 0 Å². The van der Waals surface area contributed by atoms with Crippen molar-refractivity contribution in [3.05, 3.63) is 64.0 Å². The number of amides is 1. The maximum atomic E-state index is 12.4. The monoisotopic (exact) mass is 345 g/mol. The Labute approximate surface area is 143 Å². The number of halogens is 1. The average molecular weight is 346 g/mol. The summed E-state index contributed by atoms with van der Waals surface area (Å²) in [5.74, 6) is 0.623.